The average molecular weight is 298 g/mol. The molecule has 2 aromatic heterocycles. The van der Waals surface area contributed by atoms with Crippen LogP contribution in [0.4, 0.5) is 5.82 Å². The number of hydrogen-bond donors (Lipinski definition) is 1. The van der Waals surface area contributed by atoms with E-state index in [4.69, 9.17) is 10.5 Å². The molecule has 6 heteroatoms. The molecule has 2 rings (SSSR count). The number of anilines is 1. The van der Waals surface area contributed by atoms with Crippen molar-refractivity contribution in [1.29, 1.82) is 0 Å². The number of nitrogens with zero attached hydrogens (tertiary/aromatic N) is 2. The summed E-state index contributed by atoms with van der Waals surface area (Å²) in [4.78, 5) is 15.9. The van der Waals surface area contributed by atoms with E-state index in [0.717, 1.165) is 10.2 Å². The fourth-order valence-electron chi connectivity index (χ4n) is 1.64. The lowest BCUT2D eigenvalue weighted by atomic mass is 10.3. The molecular formula is C11H12BrN3O2. The highest BCUT2D eigenvalue weighted by Crippen LogP contribution is 2.24. The van der Waals surface area contributed by atoms with Gasteiger partial charge < -0.3 is 10.5 Å². The van der Waals surface area contributed by atoms with Gasteiger partial charge in [0.15, 0.2) is 11.3 Å². The topological polar surface area (TPSA) is 69.6 Å². The average Bonchev–Trinajstić information content (AvgIpc) is 2.63. The Morgan fingerprint density at radius 2 is 2.29 bits per heavy atom. The summed E-state index contributed by atoms with van der Waals surface area (Å²) in [6.07, 6.45) is 0. The third kappa shape index (κ3) is 1.88. The maximum absolute atomic E-state index is 11.7. The van der Waals surface area contributed by atoms with Crippen LogP contribution < -0.4 is 5.73 Å². The molecule has 5 nitrogen and oxygen atoms in total. The van der Waals surface area contributed by atoms with E-state index in [0.29, 0.717) is 18.1 Å². The second-order valence-corrected chi connectivity index (χ2v) is 4.40. The minimum Gasteiger partial charge on any atom is -0.461 e. The monoisotopic (exact) mass is 297 g/mol. The molecule has 0 radical (unpaired) electrons. The Balaban J connectivity index is 2.68. The molecule has 0 aliphatic heterocycles. The Morgan fingerprint density at radius 3 is 2.88 bits per heavy atom. The lowest BCUT2D eigenvalue weighted by molar-refractivity contribution is 0.0521. The van der Waals surface area contributed by atoms with E-state index in [2.05, 4.69) is 20.9 Å². The van der Waals surface area contributed by atoms with Crippen molar-refractivity contribution in [2.24, 2.45) is 0 Å². The molecule has 0 unspecified atom stereocenters. The van der Waals surface area contributed by atoms with Crippen molar-refractivity contribution in [3.8, 4) is 0 Å². The molecule has 0 saturated heterocycles. The zero-order valence-electron chi connectivity index (χ0n) is 9.53. The predicted molar refractivity (Wildman–Crippen MR) is 68.0 cm³/mol. The molecule has 2 heterocycles. The molecule has 0 spiro atoms. The first kappa shape index (κ1) is 11.9. The highest BCUT2D eigenvalue weighted by atomic mass is 79.9. The summed E-state index contributed by atoms with van der Waals surface area (Å²) in [6.45, 7) is 3.93. The van der Waals surface area contributed by atoms with Crippen LogP contribution in [0, 0.1) is 6.92 Å². The van der Waals surface area contributed by atoms with Gasteiger partial charge in [-0.15, -0.1) is 0 Å². The molecule has 0 fully saturated rings. The number of rotatable bonds is 2. The van der Waals surface area contributed by atoms with E-state index in [1.54, 1.807) is 11.3 Å². The highest BCUT2D eigenvalue weighted by molar-refractivity contribution is 9.10. The smallest absolute Gasteiger partial charge is 0.360 e. The fraction of sp³-hybridized carbons (Fsp3) is 0.273. The van der Waals surface area contributed by atoms with E-state index in [1.165, 1.54) is 0 Å². The number of carbonyl (C=O) groups is 1. The fourth-order valence-corrected chi connectivity index (χ4v) is 2.04. The Morgan fingerprint density at radius 1 is 1.59 bits per heavy atom. The summed E-state index contributed by atoms with van der Waals surface area (Å²) >= 11 is 3.38. The maximum Gasteiger partial charge on any atom is 0.360 e. The van der Waals surface area contributed by atoms with Crippen LogP contribution >= 0.6 is 15.9 Å². The molecule has 0 saturated carbocycles. The van der Waals surface area contributed by atoms with Crippen LogP contribution in [-0.4, -0.2) is 22.0 Å². The predicted octanol–water partition coefficient (Wildman–Crippen LogP) is 2.16. The van der Waals surface area contributed by atoms with E-state index in [1.807, 2.05) is 19.1 Å². The first-order valence-corrected chi connectivity index (χ1v) is 5.95. The van der Waals surface area contributed by atoms with Crippen LogP contribution in [0.25, 0.3) is 5.65 Å². The normalized spacial score (nSPS) is 10.8. The second-order valence-electron chi connectivity index (χ2n) is 3.55. The Hall–Kier alpha value is -1.56. The molecule has 2 N–H and O–H groups in total. The molecule has 2 aromatic rings. The van der Waals surface area contributed by atoms with Crippen molar-refractivity contribution in [3.05, 3.63) is 28.0 Å². The number of carbonyl (C=O) groups excluding carboxylic acids is 1. The summed E-state index contributed by atoms with van der Waals surface area (Å²) in [5.41, 5.74) is 7.60. The van der Waals surface area contributed by atoms with Crippen LogP contribution in [-0.2, 0) is 4.74 Å². The Kier molecular flexibility index (Phi) is 3.06. The minimum atomic E-state index is -0.500. The van der Waals surface area contributed by atoms with Gasteiger partial charge in [0.25, 0.3) is 0 Å². The molecule has 90 valence electrons. The van der Waals surface area contributed by atoms with E-state index in [-0.39, 0.29) is 5.69 Å². The third-order valence-electron chi connectivity index (χ3n) is 2.42. The molecular weight excluding hydrogens is 286 g/mol. The number of aryl methyl sites for hydroxylation is 1. The van der Waals surface area contributed by atoms with Gasteiger partial charge in [-0.05, 0) is 41.9 Å². The molecule has 0 atom stereocenters. The minimum absolute atomic E-state index is 0.154. The zero-order chi connectivity index (χ0) is 12.6. The molecule has 0 aliphatic carbocycles. The lowest BCUT2D eigenvalue weighted by Crippen LogP contribution is -2.08. The van der Waals surface area contributed by atoms with Crippen molar-refractivity contribution in [2.45, 2.75) is 13.8 Å². The Labute approximate surface area is 107 Å². The van der Waals surface area contributed by atoms with Gasteiger partial charge in [-0.1, -0.05) is 0 Å². The standard InChI is InChI=1S/C11H12BrN3O2/c1-3-17-11(16)8-9(13)15-6(2)4-5-7(12)10(15)14-8/h4-5H,3,13H2,1-2H3. The van der Waals surface area contributed by atoms with Crippen molar-refractivity contribution in [3.63, 3.8) is 0 Å². The summed E-state index contributed by atoms with van der Waals surface area (Å²) in [5.74, 6) is -0.197. The molecule has 0 aromatic carbocycles. The summed E-state index contributed by atoms with van der Waals surface area (Å²) in [6, 6.07) is 3.76. The number of ether oxygens (including phenoxy) is 1. The number of hydrogen-bond acceptors (Lipinski definition) is 4. The number of aromatic nitrogens is 2. The molecule has 0 aliphatic rings. The molecule has 17 heavy (non-hydrogen) atoms. The SMILES string of the molecule is CCOC(=O)c1nc2c(Br)ccc(C)n2c1N. The van der Waals surface area contributed by atoms with E-state index >= 15 is 0 Å². The van der Waals surface area contributed by atoms with Crippen molar-refractivity contribution < 1.29 is 9.53 Å². The van der Waals surface area contributed by atoms with Gasteiger partial charge in [0.2, 0.25) is 0 Å². The zero-order valence-corrected chi connectivity index (χ0v) is 11.1. The van der Waals surface area contributed by atoms with Crippen LogP contribution in [0.2, 0.25) is 0 Å². The van der Waals surface area contributed by atoms with Crippen molar-refractivity contribution in [2.75, 3.05) is 12.3 Å². The van der Waals surface area contributed by atoms with Crippen LogP contribution in [0.3, 0.4) is 0 Å². The van der Waals surface area contributed by atoms with E-state index < -0.39 is 5.97 Å². The number of pyridine rings is 1. The van der Waals surface area contributed by atoms with Crippen LogP contribution in [0.15, 0.2) is 16.6 Å². The highest BCUT2D eigenvalue weighted by Gasteiger charge is 2.19. The number of nitrogens with two attached hydrogens (primary N) is 1. The van der Waals surface area contributed by atoms with Crippen LogP contribution in [0.5, 0.6) is 0 Å². The summed E-state index contributed by atoms with van der Waals surface area (Å²) in [5, 5.41) is 0. The van der Waals surface area contributed by atoms with Crippen molar-refractivity contribution in [1.82, 2.24) is 9.38 Å². The lowest BCUT2D eigenvalue weighted by Gasteiger charge is -2.03. The summed E-state index contributed by atoms with van der Waals surface area (Å²) in [7, 11) is 0. The number of nitrogen functional groups attached to an aromatic ring is 1. The van der Waals surface area contributed by atoms with Gasteiger partial charge in [-0.25, -0.2) is 9.78 Å². The number of esters is 1. The second kappa shape index (κ2) is 4.37. The maximum atomic E-state index is 11.7. The van der Waals surface area contributed by atoms with Gasteiger partial charge in [0.05, 0.1) is 11.1 Å². The van der Waals surface area contributed by atoms with Crippen molar-refractivity contribution >= 4 is 33.4 Å². The number of imidazole rings is 1. The van der Waals surface area contributed by atoms with Crippen LogP contribution in [0.1, 0.15) is 23.1 Å². The van der Waals surface area contributed by atoms with Gasteiger partial charge in [-0.2, -0.15) is 0 Å². The molecule has 0 amide bonds. The quantitative estimate of drug-likeness (QED) is 0.863. The Bertz CT molecular complexity index is 592. The number of halogens is 1. The third-order valence-corrected chi connectivity index (χ3v) is 3.04. The van der Waals surface area contributed by atoms with Gasteiger partial charge in [0.1, 0.15) is 5.82 Å². The summed E-state index contributed by atoms with van der Waals surface area (Å²) < 4.78 is 7.41. The largest absolute Gasteiger partial charge is 0.461 e. The van der Waals surface area contributed by atoms with Gasteiger partial charge in [-0.3, -0.25) is 4.40 Å². The molecule has 0 bridgehead atoms. The van der Waals surface area contributed by atoms with Gasteiger partial charge in [0, 0.05) is 5.69 Å². The van der Waals surface area contributed by atoms with Gasteiger partial charge >= 0.3 is 5.97 Å². The first-order valence-electron chi connectivity index (χ1n) is 5.16. The number of fused-ring (bicyclic) bond motifs is 1. The first-order chi connectivity index (χ1) is 8.06. The van der Waals surface area contributed by atoms with E-state index in [9.17, 15) is 4.79 Å².